The van der Waals surface area contributed by atoms with Gasteiger partial charge in [-0.3, -0.25) is 38.5 Å². The number of para-hydroxylation sites is 1. The molecule has 0 unspecified atom stereocenters. The van der Waals surface area contributed by atoms with Crippen molar-refractivity contribution in [3.05, 3.63) is 100 Å². The van der Waals surface area contributed by atoms with E-state index in [1.807, 2.05) is 89.2 Å². The third kappa shape index (κ3) is 14.9. The van der Waals surface area contributed by atoms with Gasteiger partial charge in [-0.1, -0.05) is 81.8 Å². The molecular weight excluding hydrogens is 1010 g/mol. The number of nitrogens with zero attached hydrogens (tertiary/aromatic N) is 3. The van der Waals surface area contributed by atoms with Crippen molar-refractivity contribution in [1.29, 1.82) is 0 Å². The second-order valence-corrected chi connectivity index (χ2v) is 23.6. The van der Waals surface area contributed by atoms with E-state index in [9.17, 15) is 43.5 Å². The third-order valence-corrected chi connectivity index (χ3v) is 15.3. The van der Waals surface area contributed by atoms with Crippen molar-refractivity contribution < 1.29 is 48.2 Å². The lowest BCUT2D eigenvalue weighted by Crippen LogP contribution is -2.57. The number of thiazole rings is 1. The maximum Gasteiger partial charge on any atom is 0.408 e. The van der Waals surface area contributed by atoms with Gasteiger partial charge >= 0.3 is 6.09 Å². The molecule has 4 aromatic rings. The number of alkyl carbamates (subject to hydrolysis) is 1. The highest BCUT2D eigenvalue weighted by Gasteiger charge is 2.46. The summed E-state index contributed by atoms with van der Waals surface area (Å²) in [7, 11) is 0. The number of ether oxygens (including phenoxy) is 1. The largest absolute Gasteiger partial charge is 0.444 e. The summed E-state index contributed by atoms with van der Waals surface area (Å²) in [4.78, 5) is 117. The SMILES string of the molecule is Cc1ncsc1-c1ccc([C@H](C)NC(=O)[C@@H]2C[C@@H](O)CN2C(=O)[C@@H](NC(=O)CCCCCc2cccc(NC(=O)[C@H](CCC(N)=O)NC(=O)[C@@H]3Cc4cccc5c4N3C(=O)[C@@H](NC(=O)OC(C)(C)C)CC5)c2)C(C)(C)C)cc1. The second kappa shape index (κ2) is 25.1. The number of carbonyl (C=O) groups excluding carboxylic acids is 8. The first kappa shape index (κ1) is 58.5. The van der Waals surface area contributed by atoms with Gasteiger partial charge in [0.25, 0.3) is 0 Å². The van der Waals surface area contributed by atoms with Crippen molar-refractivity contribution in [2.75, 3.05) is 16.8 Å². The van der Waals surface area contributed by atoms with Crippen molar-refractivity contribution in [2.45, 2.75) is 174 Å². The van der Waals surface area contributed by atoms with Crippen LogP contribution in [0.15, 0.2) is 72.2 Å². The highest BCUT2D eigenvalue weighted by Crippen LogP contribution is 2.39. The molecular formula is C58H75N9O10S. The molecule has 78 heavy (non-hydrogen) atoms. The zero-order valence-corrected chi connectivity index (χ0v) is 46.7. The number of aliphatic hydroxyl groups excluding tert-OH is 1. The van der Waals surface area contributed by atoms with Crippen LogP contribution in [0.25, 0.3) is 10.4 Å². The number of nitrogens with two attached hydrogens (primary N) is 1. The smallest absolute Gasteiger partial charge is 0.408 e. The molecule has 1 aromatic heterocycles. The lowest BCUT2D eigenvalue weighted by molar-refractivity contribution is -0.144. The first-order valence-corrected chi connectivity index (χ1v) is 27.7. The number of carbonyl (C=O) groups is 8. The minimum Gasteiger partial charge on any atom is -0.444 e. The summed E-state index contributed by atoms with van der Waals surface area (Å²) >= 11 is 1.56. The van der Waals surface area contributed by atoms with E-state index in [-0.39, 0.29) is 62.9 Å². The molecule has 1 saturated heterocycles. The Labute approximate surface area is 460 Å². The average molecular weight is 1090 g/mol. The average Bonchev–Trinajstić information content (AvgIpc) is 4.19. The van der Waals surface area contributed by atoms with Gasteiger partial charge in [-0.2, -0.15) is 0 Å². The summed E-state index contributed by atoms with van der Waals surface area (Å²) in [6, 6.07) is 15.2. The lowest BCUT2D eigenvalue weighted by Gasteiger charge is -2.35. The van der Waals surface area contributed by atoms with Crippen molar-refractivity contribution in [2.24, 2.45) is 11.1 Å². The third-order valence-electron chi connectivity index (χ3n) is 14.3. The minimum atomic E-state index is -1.19. The molecule has 7 atom stereocenters. The summed E-state index contributed by atoms with van der Waals surface area (Å²) in [6.45, 7) is 14.5. The molecule has 0 aliphatic carbocycles. The monoisotopic (exact) mass is 1090 g/mol. The van der Waals surface area contributed by atoms with E-state index < -0.39 is 83.0 Å². The van der Waals surface area contributed by atoms with Gasteiger partial charge in [0.15, 0.2) is 0 Å². The van der Waals surface area contributed by atoms with Crippen molar-refractivity contribution in [3.63, 3.8) is 0 Å². The van der Waals surface area contributed by atoms with Gasteiger partial charge in [0.05, 0.1) is 33.9 Å². The van der Waals surface area contributed by atoms with Crippen molar-refractivity contribution in [1.82, 2.24) is 31.2 Å². The summed E-state index contributed by atoms with van der Waals surface area (Å²) < 4.78 is 5.43. The maximum absolute atomic E-state index is 14.2. The van der Waals surface area contributed by atoms with Crippen molar-refractivity contribution in [3.8, 4) is 10.4 Å². The minimum absolute atomic E-state index is 0.0355. The number of hydrogen-bond acceptors (Lipinski definition) is 12. The predicted octanol–water partition coefficient (Wildman–Crippen LogP) is 6.08. The molecule has 8 amide bonds. The van der Waals surface area contributed by atoms with E-state index in [1.54, 1.807) is 49.8 Å². The van der Waals surface area contributed by atoms with Crippen LogP contribution in [0.1, 0.15) is 134 Å². The van der Waals surface area contributed by atoms with Gasteiger partial charge in [-0.25, -0.2) is 9.78 Å². The first-order chi connectivity index (χ1) is 36.9. The Morgan fingerprint density at radius 1 is 0.872 bits per heavy atom. The molecule has 418 valence electrons. The van der Waals surface area contributed by atoms with Gasteiger partial charge in [-0.15, -0.1) is 11.3 Å². The van der Waals surface area contributed by atoms with E-state index in [1.165, 1.54) is 9.80 Å². The number of nitrogens with one attached hydrogen (secondary N) is 5. The number of primary amides is 1. The Balaban J connectivity index is 0.901. The lowest BCUT2D eigenvalue weighted by atomic mass is 9.85. The van der Waals surface area contributed by atoms with Crippen LogP contribution in [0.4, 0.5) is 16.2 Å². The number of benzene rings is 3. The molecule has 3 aliphatic heterocycles. The molecule has 0 saturated carbocycles. The number of hydrogen-bond donors (Lipinski definition) is 7. The van der Waals surface area contributed by atoms with Crippen LogP contribution in [0.3, 0.4) is 0 Å². The molecule has 7 rings (SSSR count). The van der Waals surface area contributed by atoms with Crippen LogP contribution >= 0.6 is 11.3 Å². The van der Waals surface area contributed by atoms with E-state index in [0.717, 1.165) is 38.4 Å². The van der Waals surface area contributed by atoms with Crippen molar-refractivity contribution >= 4 is 70.2 Å². The Bertz CT molecular complexity index is 2880. The maximum atomic E-state index is 14.2. The van der Waals surface area contributed by atoms with Crippen LogP contribution in [0.2, 0.25) is 0 Å². The van der Waals surface area contributed by atoms with Crippen LogP contribution in [-0.4, -0.2) is 111 Å². The fourth-order valence-corrected chi connectivity index (χ4v) is 11.1. The van der Waals surface area contributed by atoms with Crippen LogP contribution in [0, 0.1) is 12.3 Å². The highest BCUT2D eigenvalue weighted by atomic mass is 32.1. The molecule has 19 nitrogen and oxygen atoms in total. The number of aliphatic hydroxyl groups is 1. The zero-order chi connectivity index (χ0) is 56.6. The number of β-amino-alcohol motifs (C(OH)–C–C–N with tert-alkyl or cyclic N) is 1. The molecule has 0 radical (unpaired) electrons. The Morgan fingerprint density at radius 2 is 1.58 bits per heavy atom. The fourth-order valence-electron chi connectivity index (χ4n) is 10.3. The second-order valence-electron chi connectivity index (χ2n) is 22.8. The number of anilines is 2. The molecule has 4 heterocycles. The van der Waals surface area contributed by atoms with E-state index in [0.29, 0.717) is 43.5 Å². The number of unbranched alkanes of at least 4 members (excludes halogenated alkanes) is 2. The molecule has 8 N–H and O–H groups in total. The molecule has 3 aliphatic rings. The van der Waals surface area contributed by atoms with E-state index in [4.69, 9.17) is 10.5 Å². The summed E-state index contributed by atoms with van der Waals surface area (Å²) in [5, 5.41) is 25.0. The van der Waals surface area contributed by atoms with Gasteiger partial charge in [0.1, 0.15) is 35.8 Å². The number of aryl methyl sites for hydroxylation is 3. The molecule has 1 fully saturated rings. The topological polar surface area (TPSA) is 272 Å². The quantitative estimate of drug-likeness (QED) is 0.0499. The first-order valence-electron chi connectivity index (χ1n) is 26.9. The summed E-state index contributed by atoms with van der Waals surface area (Å²) in [5.41, 5.74) is 12.3. The molecule has 0 spiro atoms. The standard InChI is InChI=1S/C58H75N9O10S/c1-33(36-20-22-38(23-21-36)49-34(2)60-32-78-49)61-52(72)44-30-41(68)31-66(44)55(75)50(57(3,4)5)65-47(70)19-11-9-10-14-35-15-12-18-40(28-35)62-51(71)42(26-27-46(59)69)63-53(73)45-29-39-17-13-16-37-24-25-43(54(74)67(45)48(37)39)64-56(76)77-58(6,7)8/h12-13,15-18,20-23,28,32-33,41-45,50,68H,9-11,14,19,24-27,29-31H2,1-8H3,(H2,59,69)(H,61,72)(H,62,71)(H,63,73)(H,64,76)(H,65,70)/t33-,41+,42-,43-,44-,45-,50+/m0/s1. The summed E-state index contributed by atoms with van der Waals surface area (Å²) in [5.74, 6) is -3.46. The van der Waals surface area contributed by atoms with E-state index >= 15 is 0 Å². The van der Waals surface area contributed by atoms with Gasteiger partial charge in [0.2, 0.25) is 41.4 Å². The van der Waals surface area contributed by atoms with Crippen LogP contribution in [0.5, 0.6) is 0 Å². The Hall–Kier alpha value is -7.19. The van der Waals surface area contributed by atoms with E-state index in [2.05, 4.69) is 31.6 Å². The number of likely N-dealkylation sites (tertiary alicyclic amines) is 1. The summed E-state index contributed by atoms with van der Waals surface area (Å²) in [6.07, 6.45) is 1.72. The number of amides is 8. The molecule has 3 aromatic carbocycles. The van der Waals surface area contributed by atoms with Gasteiger partial charge < -0.3 is 47.1 Å². The van der Waals surface area contributed by atoms with Gasteiger partial charge in [-0.05, 0) is 119 Å². The van der Waals surface area contributed by atoms with Gasteiger partial charge in [0, 0.05) is 37.9 Å². The molecule has 20 heteroatoms. The highest BCUT2D eigenvalue weighted by molar-refractivity contribution is 7.13. The normalized spacial score (nSPS) is 19.2. The number of aromatic nitrogens is 1. The predicted molar refractivity (Wildman–Crippen MR) is 297 cm³/mol. The van der Waals surface area contributed by atoms with Crippen LogP contribution in [-0.2, 0) is 57.6 Å². The zero-order valence-electron chi connectivity index (χ0n) is 45.9. The fraction of sp³-hybridized carbons (Fsp3) is 0.500. The Morgan fingerprint density at radius 3 is 2.26 bits per heavy atom. The number of rotatable bonds is 20. The molecule has 0 bridgehead atoms. The van der Waals surface area contributed by atoms with Crippen LogP contribution < -0.4 is 37.2 Å². The Kier molecular flexibility index (Phi) is 18.8.